The number of nitro groups is 1. The molecule has 1 aromatic rings. The molecular formula is C10H11NO4. The standard InChI is InChI=1S/C10H11NO4/c1-8(10(12)7-11(13)14)15-9-5-3-2-4-6-9/h2-6,8H,7H2,1H3. The molecule has 0 N–H and O–H groups in total. The zero-order valence-corrected chi connectivity index (χ0v) is 8.25. The van der Waals surface area contributed by atoms with Gasteiger partial charge >= 0.3 is 0 Å². The highest BCUT2D eigenvalue weighted by Gasteiger charge is 2.19. The molecule has 0 aromatic heterocycles. The van der Waals surface area contributed by atoms with E-state index in [4.69, 9.17) is 4.74 Å². The molecule has 1 atom stereocenters. The van der Waals surface area contributed by atoms with Gasteiger partial charge in [-0.1, -0.05) is 18.2 Å². The Morgan fingerprint density at radius 1 is 1.47 bits per heavy atom. The molecule has 0 spiro atoms. The monoisotopic (exact) mass is 209 g/mol. The highest BCUT2D eigenvalue weighted by Crippen LogP contribution is 2.10. The number of nitrogens with zero attached hydrogens (tertiary/aromatic N) is 1. The van der Waals surface area contributed by atoms with Gasteiger partial charge in [-0.25, -0.2) is 0 Å². The van der Waals surface area contributed by atoms with Crippen molar-refractivity contribution in [3.8, 4) is 5.75 Å². The number of carbonyl (C=O) groups excluding carboxylic acids is 1. The molecule has 0 bridgehead atoms. The zero-order valence-electron chi connectivity index (χ0n) is 8.25. The maximum Gasteiger partial charge on any atom is 0.265 e. The van der Waals surface area contributed by atoms with Crippen LogP contribution in [0.5, 0.6) is 5.75 Å². The van der Waals surface area contributed by atoms with E-state index < -0.39 is 23.4 Å². The van der Waals surface area contributed by atoms with E-state index in [1.165, 1.54) is 6.92 Å². The largest absolute Gasteiger partial charge is 0.483 e. The third-order valence-electron chi connectivity index (χ3n) is 1.79. The van der Waals surface area contributed by atoms with Crippen LogP contribution in [0.4, 0.5) is 0 Å². The van der Waals surface area contributed by atoms with Gasteiger partial charge in [0.25, 0.3) is 6.54 Å². The summed E-state index contributed by atoms with van der Waals surface area (Å²) in [7, 11) is 0. The van der Waals surface area contributed by atoms with Crippen molar-refractivity contribution in [3.05, 3.63) is 40.4 Å². The van der Waals surface area contributed by atoms with Gasteiger partial charge in [0.1, 0.15) is 5.75 Å². The highest BCUT2D eigenvalue weighted by atomic mass is 16.6. The Labute approximate surface area is 86.8 Å². The van der Waals surface area contributed by atoms with Gasteiger partial charge in [0.2, 0.25) is 5.78 Å². The molecule has 80 valence electrons. The lowest BCUT2D eigenvalue weighted by atomic mass is 10.2. The van der Waals surface area contributed by atoms with Crippen LogP contribution >= 0.6 is 0 Å². The third-order valence-corrected chi connectivity index (χ3v) is 1.79. The van der Waals surface area contributed by atoms with E-state index in [0.717, 1.165) is 0 Å². The first-order chi connectivity index (χ1) is 7.09. The Balaban J connectivity index is 2.52. The summed E-state index contributed by atoms with van der Waals surface area (Å²) in [5.74, 6) is -0.00875. The fourth-order valence-electron chi connectivity index (χ4n) is 1.02. The Bertz CT molecular complexity index is 350. The van der Waals surface area contributed by atoms with Crippen molar-refractivity contribution >= 4 is 5.78 Å². The summed E-state index contributed by atoms with van der Waals surface area (Å²) in [5.41, 5.74) is 0. The molecule has 1 aromatic carbocycles. The molecule has 1 unspecified atom stereocenters. The summed E-state index contributed by atoms with van der Waals surface area (Å²) in [6, 6.07) is 8.72. The zero-order chi connectivity index (χ0) is 11.3. The van der Waals surface area contributed by atoms with Gasteiger partial charge in [-0.05, 0) is 19.1 Å². The minimum Gasteiger partial charge on any atom is -0.483 e. The Morgan fingerprint density at radius 2 is 2.07 bits per heavy atom. The number of benzene rings is 1. The molecule has 15 heavy (non-hydrogen) atoms. The van der Waals surface area contributed by atoms with Crippen molar-refractivity contribution in [2.75, 3.05) is 6.54 Å². The first-order valence-corrected chi connectivity index (χ1v) is 4.46. The second-order valence-electron chi connectivity index (χ2n) is 3.03. The van der Waals surface area contributed by atoms with Gasteiger partial charge in [-0.15, -0.1) is 0 Å². The van der Waals surface area contributed by atoms with Crippen molar-refractivity contribution in [3.63, 3.8) is 0 Å². The molecule has 0 saturated heterocycles. The van der Waals surface area contributed by atoms with Gasteiger partial charge in [-0.3, -0.25) is 14.9 Å². The summed E-state index contributed by atoms with van der Waals surface area (Å²) in [6.07, 6.45) is -0.794. The first kappa shape index (κ1) is 11.2. The lowest BCUT2D eigenvalue weighted by Gasteiger charge is -2.11. The normalized spacial score (nSPS) is 11.8. The number of carbonyl (C=O) groups is 1. The van der Waals surface area contributed by atoms with Crippen molar-refractivity contribution in [2.45, 2.75) is 13.0 Å². The molecule has 0 aliphatic carbocycles. The van der Waals surface area contributed by atoms with E-state index in [2.05, 4.69) is 0 Å². The molecule has 0 fully saturated rings. The van der Waals surface area contributed by atoms with Crippen LogP contribution in [0.25, 0.3) is 0 Å². The Hall–Kier alpha value is -1.91. The molecular weight excluding hydrogens is 198 g/mol. The second kappa shape index (κ2) is 5.09. The lowest BCUT2D eigenvalue weighted by molar-refractivity contribution is -0.467. The summed E-state index contributed by atoms with van der Waals surface area (Å²) < 4.78 is 5.22. The van der Waals surface area contributed by atoms with Crippen LogP contribution in [0.2, 0.25) is 0 Å². The van der Waals surface area contributed by atoms with E-state index in [0.29, 0.717) is 5.75 Å². The number of rotatable bonds is 5. The van der Waals surface area contributed by atoms with E-state index in [9.17, 15) is 14.9 Å². The minimum atomic E-state index is -0.794. The maximum atomic E-state index is 11.2. The Morgan fingerprint density at radius 3 is 2.60 bits per heavy atom. The average Bonchev–Trinajstić information content (AvgIpc) is 2.18. The van der Waals surface area contributed by atoms with Crippen LogP contribution in [-0.4, -0.2) is 23.4 Å². The van der Waals surface area contributed by atoms with Gasteiger partial charge in [-0.2, -0.15) is 0 Å². The van der Waals surface area contributed by atoms with Gasteiger partial charge in [0, 0.05) is 4.92 Å². The van der Waals surface area contributed by atoms with E-state index in [-0.39, 0.29) is 0 Å². The fourth-order valence-corrected chi connectivity index (χ4v) is 1.02. The summed E-state index contributed by atoms with van der Waals surface area (Å²) in [4.78, 5) is 20.6. The smallest absolute Gasteiger partial charge is 0.265 e. The predicted molar refractivity (Wildman–Crippen MR) is 53.4 cm³/mol. The van der Waals surface area contributed by atoms with E-state index in [1.807, 2.05) is 6.07 Å². The number of ketones is 1. The van der Waals surface area contributed by atoms with Crippen LogP contribution in [0.3, 0.4) is 0 Å². The molecule has 0 aliphatic rings. The molecule has 0 amide bonds. The second-order valence-corrected chi connectivity index (χ2v) is 3.03. The summed E-state index contributed by atoms with van der Waals surface area (Å²) in [5, 5.41) is 10.1. The fraction of sp³-hybridized carbons (Fsp3) is 0.300. The van der Waals surface area contributed by atoms with E-state index in [1.54, 1.807) is 24.3 Å². The third kappa shape index (κ3) is 3.76. The molecule has 0 radical (unpaired) electrons. The van der Waals surface area contributed by atoms with Crippen LogP contribution < -0.4 is 4.74 Å². The summed E-state index contributed by atoms with van der Waals surface area (Å²) >= 11 is 0. The Kier molecular flexibility index (Phi) is 3.79. The number of hydrogen-bond donors (Lipinski definition) is 0. The van der Waals surface area contributed by atoms with Crippen molar-refractivity contribution < 1.29 is 14.5 Å². The highest BCUT2D eigenvalue weighted by molar-refractivity contribution is 5.83. The topological polar surface area (TPSA) is 69.4 Å². The molecule has 0 saturated carbocycles. The number of hydrogen-bond acceptors (Lipinski definition) is 4. The molecule has 5 nitrogen and oxygen atoms in total. The van der Waals surface area contributed by atoms with Crippen LogP contribution in [0.1, 0.15) is 6.92 Å². The molecule has 0 aliphatic heterocycles. The predicted octanol–water partition coefficient (Wildman–Crippen LogP) is 1.30. The van der Waals surface area contributed by atoms with Gasteiger partial charge < -0.3 is 4.74 Å². The number of Topliss-reactive ketones (excluding diaryl/α,β-unsaturated/α-hetero) is 1. The minimum absolute atomic E-state index is 0.529. The van der Waals surface area contributed by atoms with Crippen molar-refractivity contribution in [1.82, 2.24) is 0 Å². The van der Waals surface area contributed by atoms with Crippen LogP contribution in [-0.2, 0) is 4.79 Å². The van der Waals surface area contributed by atoms with Gasteiger partial charge in [0.15, 0.2) is 6.10 Å². The molecule has 0 heterocycles. The molecule has 1 rings (SSSR count). The van der Waals surface area contributed by atoms with Crippen LogP contribution in [0, 0.1) is 10.1 Å². The van der Waals surface area contributed by atoms with Crippen molar-refractivity contribution in [1.29, 1.82) is 0 Å². The average molecular weight is 209 g/mol. The van der Waals surface area contributed by atoms with Crippen molar-refractivity contribution in [2.24, 2.45) is 0 Å². The number of para-hydroxylation sites is 1. The van der Waals surface area contributed by atoms with Gasteiger partial charge in [0.05, 0.1) is 0 Å². The first-order valence-electron chi connectivity index (χ1n) is 4.46. The number of ether oxygens (including phenoxy) is 1. The quantitative estimate of drug-likeness (QED) is 0.541. The summed E-state index contributed by atoms with van der Waals surface area (Å²) in [6.45, 7) is 0.798. The molecule has 5 heteroatoms. The SMILES string of the molecule is CC(Oc1ccccc1)C(=O)C[N+](=O)[O-]. The maximum absolute atomic E-state index is 11.2. The van der Waals surface area contributed by atoms with E-state index >= 15 is 0 Å². The lowest BCUT2D eigenvalue weighted by Crippen LogP contribution is -2.29. The van der Waals surface area contributed by atoms with Crippen LogP contribution in [0.15, 0.2) is 30.3 Å².